The Hall–Kier alpha value is -0.870. The molecule has 1 atom stereocenters. The highest BCUT2D eigenvalue weighted by Gasteiger charge is 2.24. The Morgan fingerprint density at radius 1 is 1.40 bits per heavy atom. The molecule has 1 fully saturated rings. The van der Waals surface area contributed by atoms with E-state index in [4.69, 9.17) is 21.7 Å². The summed E-state index contributed by atoms with van der Waals surface area (Å²) in [7, 11) is 0. The SMILES string of the molecule is CC(C)(C)c1nc(Cl)cc(N2CCCC(CCO)C2)n1. The van der Waals surface area contributed by atoms with Crippen molar-refractivity contribution >= 4 is 17.4 Å². The quantitative estimate of drug-likeness (QED) is 0.871. The lowest BCUT2D eigenvalue weighted by Crippen LogP contribution is -2.36. The molecule has 2 heterocycles. The Balaban J connectivity index is 2.21. The van der Waals surface area contributed by atoms with Crippen LogP contribution in [0, 0.1) is 5.92 Å². The number of halogens is 1. The van der Waals surface area contributed by atoms with E-state index >= 15 is 0 Å². The highest BCUT2D eigenvalue weighted by molar-refractivity contribution is 6.29. The summed E-state index contributed by atoms with van der Waals surface area (Å²) in [4.78, 5) is 11.3. The van der Waals surface area contributed by atoms with Gasteiger partial charge in [0.1, 0.15) is 16.8 Å². The molecule has 0 aromatic carbocycles. The van der Waals surface area contributed by atoms with Crippen LogP contribution in [0.15, 0.2) is 6.07 Å². The minimum absolute atomic E-state index is 0.111. The number of nitrogens with zero attached hydrogens (tertiary/aromatic N) is 3. The number of anilines is 1. The van der Waals surface area contributed by atoms with Crippen LogP contribution in [-0.2, 0) is 5.41 Å². The third-order valence-electron chi connectivity index (χ3n) is 3.73. The van der Waals surface area contributed by atoms with Gasteiger partial charge in [0.2, 0.25) is 0 Å². The van der Waals surface area contributed by atoms with Gasteiger partial charge in [0.05, 0.1) is 0 Å². The normalized spacial score (nSPS) is 20.2. The second-order valence-electron chi connectivity index (χ2n) is 6.59. The van der Waals surface area contributed by atoms with E-state index in [2.05, 4.69) is 30.7 Å². The summed E-state index contributed by atoms with van der Waals surface area (Å²) in [5, 5.41) is 9.61. The van der Waals surface area contributed by atoms with E-state index in [1.807, 2.05) is 6.07 Å². The molecule has 0 radical (unpaired) electrons. The summed E-state index contributed by atoms with van der Waals surface area (Å²) in [6.07, 6.45) is 3.18. The van der Waals surface area contributed by atoms with Crippen LogP contribution in [0.1, 0.15) is 45.9 Å². The van der Waals surface area contributed by atoms with Crippen LogP contribution in [0.2, 0.25) is 5.15 Å². The summed E-state index contributed by atoms with van der Waals surface area (Å²) in [6, 6.07) is 1.85. The maximum atomic E-state index is 9.10. The van der Waals surface area contributed by atoms with Gasteiger partial charge in [-0.25, -0.2) is 9.97 Å². The smallest absolute Gasteiger partial charge is 0.137 e. The minimum Gasteiger partial charge on any atom is -0.396 e. The zero-order chi connectivity index (χ0) is 14.8. The van der Waals surface area contributed by atoms with E-state index in [-0.39, 0.29) is 12.0 Å². The number of rotatable bonds is 3. The van der Waals surface area contributed by atoms with Crippen molar-refractivity contribution in [3.8, 4) is 0 Å². The van der Waals surface area contributed by atoms with E-state index in [0.29, 0.717) is 11.1 Å². The molecule has 0 aliphatic carbocycles. The molecule has 1 aliphatic rings. The Labute approximate surface area is 126 Å². The first-order chi connectivity index (χ1) is 9.40. The van der Waals surface area contributed by atoms with E-state index < -0.39 is 0 Å². The van der Waals surface area contributed by atoms with Gasteiger partial charge in [0.15, 0.2) is 0 Å². The average Bonchev–Trinajstić information content (AvgIpc) is 2.38. The molecule has 20 heavy (non-hydrogen) atoms. The molecule has 1 aromatic rings. The first kappa shape index (κ1) is 15.5. The molecule has 1 saturated heterocycles. The van der Waals surface area contributed by atoms with Crippen molar-refractivity contribution in [2.75, 3.05) is 24.6 Å². The lowest BCUT2D eigenvalue weighted by molar-refractivity contribution is 0.244. The molecule has 1 aliphatic heterocycles. The van der Waals surface area contributed by atoms with Gasteiger partial charge in [-0.05, 0) is 25.2 Å². The van der Waals surface area contributed by atoms with Crippen LogP contribution in [0.3, 0.4) is 0 Å². The second kappa shape index (κ2) is 6.27. The van der Waals surface area contributed by atoms with Gasteiger partial charge < -0.3 is 10.0 Å². The largest absolute Gasteiger partial charge is 0.396 e. The molecule has 5 heteroatoms. The van der Waals surface area contributed by atoms with Crippen LogP contribution in [0.5, 0.6) is 0 Å². The Bertz CT molecular complexity index is 457. The molecule has 4 nitrogen and oxygen atoms in total. The number of aliphatic hydroxyl groups excluding tert-OH is 1. The van der Waals surface area contributed by atoms with E-state index in [1.165, 1.54) is 6.42 Å². The number of piperidine rings is 1. The standard InChI is InChI=1S/C15H24ClN3O/c1-15(2,3)14-17-12(16)9-13(18-14)19-7-4-5-11(10-19)6-8-20/h9,11,20H,4-8,10H2,1-3H3. The van der Waals surface area contributed by atoms with Gasteiger partial charge >= 0.3 is 0 Å². The van der Waals surface area contributed by atoms with Crippen LogP contribution < -0.4 is 4.90 Å². The molecule has 1 N–H and O–H groups in total. The minimum atomic E-state index is -0.111. The number of aliphatic hydroxyl groups is 1. The van der Waals surface area contributed by atoms with Crippen LogP contribution >= 0.6 is 11.6 Å². The monoisotopic (exact) mass is 297 g/mol. The fraction of sp³-hybridized carbons (Fsp3) is 0.733. The number of hydrogen-bond acceptors (Lipinski definition) is 4. The average molecular weight is 298 g/mol. The van der Waals surface area contributed by atoms with Crippen LogP contribution in [0.4, 0.5) is 5.82 Å². The molecule has 0 spiro atoms. The number of aromatic nitrogens is 2. The summed E-state index contributed by atoms with van der Waals surface area (Å²) in [6.45, 7) is 8.47. The van der Waals surface area contributed by atoms with Gasteiger partial charge in [0.25, 0.3) is 0 Å². The van der Waals surface area contributed by atoms with Crippen molar-refractivity contribution in [2.45, 2.75) is 45.4 Å². The third-order valence-corrected chi connectivity index (χ3v) is 3.93. The summed E-state index contributed by atoms with van der Waals surface area (Å²) < 4.78 is 0. The molecular weight excluding hydrogens is 274 g/mol. The van der Waals surface area contributed by atoms with Crippen molar-refractivity contribution in [1.82, 2.24) is 9.97 Å². The van der Waals surface area contributed by atoms with Crippen molar-refractivity contribution < 1.29 is 5.11 Å². The molecule has 112 valence electrons. The number of hydrogen-bond donors (Lipinski definition) is 1. The molecule has 1 unspecified atom stereocenters. The van der Waals surface area contributed by atoms with Gasteiger partial charge in [-0.1, -0.05) is 32.4 Å². The summed E-state index contributed by atoms with van der Waals surface area (Å²) >= 11 is 6.16. The fourth-order valence-electron chi connectivity index (χ4n) is 2.59. The fourth-order valence-corrected chi connectivity index (χ4v) is 2.77. The zero-order valence-corrected chi connectivity index (χ0v) is 13.3. The highest BCUT2D eigenvalue weighted by atomic mass is 35.5. The van der Waals surface area contributed by atoms with Gasteiger partial charge in [-0.15, -0.1) is 0 Å². The second-order valence-corrected chi connectivity index (χ2v) is 6.98. The van der Waals surface area contributed by atoms with Crippen LogP contribution in [0.25, 0.3) is 0 Å². The van der Waals surface area contributed by atoms with Crippen molar-refractivity contribution in [2.24, 2.45) is 5.92 Å². The third kappa shape index (κ3) is 3.83. The highest BCUT2D eigenvalue weighted by Crippen LogP contribution is 2.27. The van der Waals surface area contributed by atoms with Crippen LogP contribution in [-0.4, -0.2) is 34.8 Å². The molecule has 2 rings (SSSR count). The topological polar surface area (TPSA) is 49.2 Å². The van der Waals surface area contributed by atoms with Crippen molar-refractivity contribution in [1.29, 1.82) is 0 Å². The van der Waals surface area contributed by atoms with Gasteiger partial charge in [-0.2, -0.15) is 0 Å². The van der Waals surface area contributed by atoms with Gasteiger partial charge in [-0.3, -0.25) is 0 Å². The molecule has 0 bridgehead atoms. The molecular formula is C15H24ClN3O. The Morgan fingerprint density at radius 2 is 2.15 bits per heavy atom. The molecule has 1 aromatic heterocycles. The first-order valence-electron chi connectivity index (χ1n) is 7.31. The summed E-state index contributed by atoms with van der Waals surface area (Å²) in [5.41, 5.74) is -0.111. The zero-order valence-electron chi connectivity index (χ0n) is 12.6. The lowest BCUT2D eigenvalue weighted by Gasteiger charge is -2.34. The first-order valence-corrected chi connectivity index (χ1v) is 7.69. The predicted octanol–water partition coefficient (Wildman–Crippen LogP) is 3.03. The van der Waals surface area contributed by atoms with E-state index in [1.54, 1.807) is 0 Å². The Morgan fingerprint density at radius 3 is 2.80 bits per heavy atom. The molecule has 0 amide bonds. The van der Waals surface area contributed by atoms with Crippen molar-refractivity contribution in [3.63, 3.8) is 0 Å². The summed E-state index contributed by atoms with van der Waals surface area (Å²) in [5.74, 6) is 2.24. The lowest BCUT2D eigenvalue weighted by atomic mass is 9.94. The molecule has 0 saturated carbocycles. The predicted molar refractivity (Wildman–Crippen MR) is 82.4 cm³/mol. The van der Waals surface area contributed by atoms with Gasteiger partial charge in [0, 0.05) is 31.2 Å². The van der Waals surface area contributed by atoms with E-state index in [0.717, 1.165) is 37.6 Å². The Kier molecular flexibility index (Phi) is 4.86. The van der Waals surface area contributed by atoms with Crippen molar-refractivity contribution in [3.05, 3.63) is 17.0 Å². The maximum Gasteiger partial charge on any atom is 0.137 e. The maximum absolute atomic E-state index is 9.10. The van der Waals surface area contributed by atoms with E-state index in [9.17, 15) is 0 Å².